The fraction of sp³-hybridized carbons (Fsp3) is 0.250. The second-order valence-corrected chi connectivity index (χ2v) is 6.18. The number of hydrogen-bond acceptors (Lipinski definition) is 3. The number of ketones is 1. The molecule has 1 saturated carbocycles. The molecule has 1 fully saturated rings. The second kappa shape index (κ2) is 7.75. The number of carbonyl (C=O) groups excluding carboxylic acids is 3. The molecule has 0 saturated heterocycles. The third kappa shape index (κ3) is 5.01. The maximum absolute atomic E-state index is 12.0. The van der Waals surface area contributed by atoms with E-state index in [-0.39, 0.29) is 36.4 Å². The van der Waals surface area contributed by atoms with Crippen molar-refractivity contribution in [2.24, 2.45) is 5.92 Å². The predicted molar refractivity (Wildman–Crippen MR) is 96.4 cm³/mol. The first-order chi connectivity index (χ1) is 12.1. The highest BCUT2D eigenvalue weighted by molar-refractivity contribution is 6.00. The van der Waals surface area contributed by atoms with E-state index in [4.69, 9.17) is 0 Å². The maximum atomic E-state index is 12.0. The molecule has 0 atom stereocenters. The zero-order chi connectivity index (χ0) is 17.6. The van der Waals surface area contributed by atoms with E-state index in [0.29, 0.717) is 16.9 Å². The number of benzene rings is 2. The lowest BCUT2D eigenvalue weighted by atomic mass is 10.1. The third-order valence-corrected chi connectivity index (χ3v) is 4.06. The molecule has 0 radical (unpaired) electrons. The monoisotopic (exact) mass is 336 g/mol. The summed E-state index contributed by atoms with van der Waals surface area (Å²) in [4.78, 5) is 35.7. The molecule has 3 rings (SSSR count). The minimum Gasteiger partial charge on any atom is -0.326 e. The maximum Gasteiger partial charge on any atom is 0.227 e. The first-order valence-corrected chi connectivity index (χ1v) is 8.41. The van der Waals surface area contributed by atoms with E-state index in [0.717, 1.165) is 12.8 Å². The van der Waals surface area contributed by atoms with Crippen molar-refractivity contribution in [1.29, 1.82) is 0 Å². The molecule has 1 aliphatic carbocycles. The van der Waals surface area contributed by atoms with Gasteiger partial charge in [0.25, 0.3) is 0 Å². The molecule has 0 unspecified atom stereocenters. The van der Waals surface area contributed by atoms with Crippen LogP contribution < -0.4 is 10.6 Å². The minimum atomic E-state index is -0.209. The summed E-state index contributed by atoms with van der Waals surface area (Å²) in [7, 11) is 0. The molecular weight excluding hydrogens is 316 g/mol. The number of carbonyl (C=O) groups is 3. The van der Waals surface area contributed by atoms with Crippen LogP contribution in [0.25, 0.3) is 0 Å². The van der Waals surface area contributed by atoms with Crippen LogP contribution in [-0.4, -0.2) is 17.6 Å². The number of amides is 2. The third-order valence-electron chi connectivity index (χ3n) is 4.06. The van der Waals surface area contributed by atoms with Gasteiger partial charge in [0.2, 0.25) is 11.8 Å². The molecular formula is C20H20N2O3. The van der Waals surface area contributed by atoms with Gasteiger partial charge < -0.3 is 10.6 Å². The Bertz CT molecular complexity index is 765. The molecule has 0 bridgehead atoms. The van der Waals surface area contributed by atoms with E-state index in [1.165, 1.54) is 0 Å². The van der Waals surface area contributed by atoms with Crippen molar-refractivity contribution in [3.63, 3.8) is 0 Å². The average Bonchev–Trinajstić information content (AvgIpc) is 3.47. The Morgan fingerprint density at radius 3 is 2.00 bits per heavy atom. The van der Waals surface area contributed by atoms with E-state index in [1.54, 1.807) is 48.5 Å². The van der Waals surface area contributed by atoms with Gasteiger partial charge in [-0.2, -0.15) is 0 Å². The van der Waals surface area contributed by atoms with Crippen LogP contribution in [0.4, 0.5) is 11.4 Å². The van der Waals surface area contributed by atoms with Crippen molar-refractivity contribution in [3.8, 4) is 0 Å². The Labute approximate surface area is 146 Å². The molecule has 2 amide bonds. The number of rotatable bonds is 7. The summed E-state index contributed by atoms with van der Waals surface area (Å²) in [5.41, 5.74) is 1.97. The lowest BCUT2D eigenvalue weighted by molar-refractivity contribution is -0.117. The van der Waals surface area contributed by atoms with Gasteiger partial charge >= 0.3 is 0 Å². The van der Waals surface area contributed by atoms with Crippen LogP contribution in [0.15, 0.2) is 54.6 Å². The molecule has 0 spiro atoms. The van der Waals surface area contributed by atoms with Crippen LogP contribution in [0.3, 0.4) is 0 Å². The summed E-state index contributed by atoms with van der Waals surface area (Å²) < 4.78 is 0. The fourth-order valence-corrected chi connectivity index (χ4v) is 2.45. The SMILES string of the molecule is O=C(CCC(=O)c1ccccc1)Nc1ccc(NC(=O)C2CC2)cc1. The smallest absolute Gasteiger partial charge is 0.227 e. The van der Waals surface area contributed by atoms with Crippen molar-refractivity contribution in [1.82, 2.24) is 0 Å². The quantitative estimate of drug-likeness (QED) is 0.758. The van der Waals surface area contributed by atoms with Gasteiger partial charge in [-0.15, -0.1) is 0 Å². The van der Waals surface area contributed by atoms with Crippen LogP contribution in [-0.2, 0) is 9.59 Å². The Hall–Kier alpha value is -2.95. The van der Waals surface area contributed by atoms with Crippen LogP contribution >= 0.6 is 0 Å². The standard InChI is InChI=1S/C20H20N2O3/c23-18(14-4-2-1-3-5-14)12-13-19(24)21-16-8-10-17(11-9-16)22-20(25)15-6-7-15/h1-5,8-11,15H,6-7,12-13H2,(H,21,24)(H,22,25). The van der Waals surface area contributed by atoms with Crippen molar-refractivity contribution >= 4 is 29.0 Å². The molecule has 0 heterocycles. The Kier molecular flexibility index (Phi) is 5.23. The summed E-state index contributed by atoms with van der Waals surface area (Å²) in [5, 5.41) is 5.61. The Balaban J connectivity index is 1.46. The molecule has 5 heteroatoms. The average molecular weight is 336 g/mol. The lowest BCUT2D eigenvalue weighted by Crippen LogP contribution is -2.14. The number of anilines is 2. The molecule has 2 aromatic rings. The summed E-state index contributed by atoms with van der Waals surface area (Å²) in [6.45, 7) is 0. The molecule has 0 aliphatic heterocycles. The summed E-state index contributed by atoms with van der Waals surface area (Å²) in [5.74, 6) is -0.0503. The highest BCUT2D eigenvalue weighted by Crippen LogP contribution is 2.30. The zero-order valence-corrected chi connectivity index (χ0v) is 13.8. The van der Waals surface area contributed by atoms with Gasteiger partial charge in [0, 0.05) is 35.7 Å². The Morgan fingerprint density at radius 2 is 1.40 bits per heavy atom. The van der Waals surface area contributed by atoms with Crippen LogP contribution in [0.5, 0.6) is 0 Å². The van der Waals surface area contributed by atoms with Crippen LogP contribution in [0, 0.1) is 5.92 Å². The molecule has 0 aromatic heterocycles. The first kappa shape index (κ1) is 16.9. The van der Waals surface area contributed by atoms with Gasteiger partial charge in [-0.1, -0.05) is 30.3 Å². The topological polar surface area (TPSA) is 75.3 Å². The fourth-order valence-electron chi connectivity index (χ4n) is 2.45. The molecule has 128 valence electrons. The lowest BCUT2D eigenvalue weighted by Gasteiger charge is -2.07. The zero-order valence-electron chi connectivity index (χ0n) is 13.8. The van der Waals surface area contributed by atoms with Gasteiger partial charge in [-0.05, 0) is 37.1 Å². The Morgan fingerprint density at radius 1 is 0.800 bits per heavy atom. The highest BCUT2D eigenvalue weighted by Gasteiger charge is 2.29. The number of nitrogens with one attached hydrogen (secondary N) is 2. The van der Waals surface area contributed by atoms with Crippen LogP contribution in [0.2, 0.25) is 0 Å². The summed E-state index contributed by atoms with van der Waals surface area (Å²) in [6.07, 6.45) is 2.22. The highest BCUT2D eigenvalue weighted by atomic mass is 16.2. The van der Waals surface area contributed by atoms with E-state index in [9.17, 15) is 14.4 Å². The second-order valence-electron chi connectivity index (χ2n) is 6.18. The molecule has 2 aromatic carbocycles. The first-order valence-electron chi connectivity index (χ1n) is 8.41. The van der Waals surface area contributed by atoms with Gasteiger partial charge in [0.05, 0.1) is 0 Å². The van der Waals surface area contributed by atoms with Crippen molar-refractivity contribution in [2.75, 3.05) is 10.6 Å². The van der Waals surface area contributed by atoms with Crippen LogP contribution in [0.1, 0.15) is 36.0 Å². The molecule has 1 aliphatic rings. The van der Waals surface area contributed by atoms with Gasteiger partial charge in [0.15, 0.2) is 5.78 Å². The summed E-state index contributed by atoms with van der Waals surface area (Å²) >= 11 is 0. The van der Waals surface area contributed by atoms with Crippen molar-refractivity contribution in [3.05, 3.63) is 60.2 Å². The summed E-state index contributed by atoms with van der Waals surface area (Å²) in [6, 6.07) is 15.9. The van der Waals surface area contributed by atoms with E-state index in [2.05, 4.69) is 10.6 Å². The van der Waals surface area contributed by atoms with Gasteiger partial charge in [-0.3, -0.25) is 14.4 Å². The van der Waals surface area contributed by atoms with Crippen molar-refractivity contribution < 1.29 is 14.4 Å². The molecule has 2 N–H and O–H groups in total. The van der Waals surface area contributed by atoms with E-state index >= 15 is 0 Å². The van der Waals surface area contributed by atoms with Crippen molar-refractivity contribution in [2.45, 2.75) is 25.7 Å². The normalized spacial score (nSPS) is 13.1. The number of hydrogen-bond donors (Lipinski definition) is 2. The predicted octanol–water partition coefficient (Wildman–Crippen LogP) is 3.64. The largest absolute Gasteiger partial charge is 0.326 e. The van der Waals surface area contributed by atoms with E-state index < -0.39 is 0 Å². The van der Waals surface area contributed by atoms with E-state index in [1.807, 2.05) is 6.07 Å². The van der Waals surface area contributed by atoms with Gasteiger partial charge in [-0.25, -0.2) is 0 Å². The molecule has 25 heavy (non-hydrogen) atoms. The van der Waals surface area contributed by atoms with Gasteiger partial charge in [0.1, 0.15) is 0 Å². The minimum absolute atomic E-state index is 0.0473. The number of Topliss-reactive ketones (excluding diaryl/α,β-unsaturated/α-hetero) is 1. The molecule has 5 nitrogen and oxygen atoms in total.